The van der Waals surface area contributed by atoms with Gasteiger partial charge in [0, 0.05) is 33.5 Å². The van der Waals surface area contributed by atoms with Gasteiger partial charge in [0.25, 0.3) is 0 Å². The van der Waals surface area contributed by atoms with Crippen molar-refractivity contribution in [3.8, 4) is 22.5 Å². The van der Waals surface area contributed by atoms with E-state index >= 15 is 0 Å². The van der Waals surface area contributed by atoms with Gasteiger partial charge in [-0.2, -0.15) is 0 Å². The first-order chi connectivity index (χ1) is 19.4. The van der Waals surface area contributed by atoms with Gasteiger partial charge in [-0.25, -0.2) is 0 Å². The van der Waals surface area contributed by atoms with Gasteiger partial charge in [0.15, 0.2) is 11.5 Å². The highest BCUT2D eigenvalue weighted by Crippen LogP contribution is 2.38. The van der Waals surface area contributed by atoms with Crippen molar-refractivity contribution in [1.82, 2.24) is 14.6 Å². The van der Waals surface area contributed by atoms with Crippen LogP contribution in [0.5, 0.6) is 0 Å². The molecule has 0 fully saturated rings. The van der Waals surface area contributed by atoms with E-state index in [2.05, 4.69) is 127 Å². The van der Waals surface area contributed by atoms with Crippen LogP contribution in [0.3, 0.4) is 0 Å². The summed E-state index contributed by atoms with van der Waals surface area (Å²) >= 11 is 0. The predicted octanol–water partition coefficient (Wildman–Crippen LogP) is 9.51. The van der Waals surface area contributed by atoms with Crippen LogP contribution >= 0.6 is 0 Å². The summed E-state index contributed by atoms with van der Waals surface area (Å²) in [5, 5.41) is 13.8. The van der Waals surface area contributed by atoms with Crippen LogP contribution < -0.4 is 0 Å². The lowest BCUT2D eigenvalue weighted by molar-refractivity contribution is 0.645. The molecule has 198 valence electrons. The molecule has 40 heavy (non-hydrogen) atoms. The van der Waals surface area contributed by atoms with Crippen LogP contribution in [0.4, 0.5) is 0 Å². The first-order valence-corrected chi connectivity index (χ1v) is 14.3. The Hall–Kier alpha value is -4.44. The van der Waals surface area contributed by atoms with Gasteiger partial charge in [0.2, 0.25) is 0 Å². The fourth-order valence-corrected chi connectivity index (χ4v) is 6.00. The van der Waals surface area contributed by atoms with E-state index < -0.39 is 0 Å². The molecular formula is C36H33N3O. The average molecular weight is 524 g/mol. The zero-order valence-electron chi connectivity index (χ0n) is 23.5. The summed E-state index contributed by atoms with van der Waals surface area (Å²) in [6.07, 6.45) is 4.15. The molecule has 3 heterocycles. The van der Waals surface area contributed by atoms with Crippen LogP contribution in [0.1, 0.15) is 38.8 Å². The number of nitrogens with zero attached hydrogens (tertiary/aromatic N) is 3. The van der Waals surface area contributed by atoms with E-state index in [-0.39, 0.29) is 0 Å². The molecule has 0 radical (unpaired) electrons. The largest absolute Gasteiger partial charge is 0.455 e. The third kappa shape index (κ3) is 4.24. The maximum absolute atomic E-state index is 6.53. The lowest BCUT2D eigenvalue weighted by Crippen LogP contribution is -1.95. The van der Waals surface area contributed by atoms with Gasteiger partial charge >= 0.3 is 0 Å². The smallest absolute Gasteiger partial charge is 0.168 e. The first kappa shape index (κ1) is 24.6. The van der Waals surface area contributed by atoms with Gasteiger partial charge in [0.05, 0.1) is 0 Å². The molecular weight excluding hydrogens is 490 g/mol. The molecule has 4 heteroatoms. The van der Waals surface area contributed by atoms with E-state index in [1.165, 1.54) is 21.9 Å². The molecule has 0 spiro atoms. The Morgan fingerprint density at radius 1 is 0.675 bits per heavy atom. The lowest BCUT2D eigenvalue weighted by Gasteiger charge is -2.10. The second kappa shape index (κ2) is 9.63. The van der Waals surface area contributed by atoms with E-state index in [0.29, 0.717) is 11.8 Å². The normalized spacial score (nSPS) is 12.2. The zero-order chi connectivity index (χ0) is 27.4. The summed E-state index contributed by atoms with van der Waals surface area (Å²) in [5.74, 6) is 2.02. The summed E-state index contributed by atoms with van der Waals surface area (Å²) in [7, 11) is 0. The molecule has 7 rings (SSSR count). The number of fused-ring (bicyclic) bond motifs is 6. The van der Waals surface area contributed by atoms with Crippen LogP contribution in [-0.2, 0) is 12.8 Å². The summed E-state index contributed by atoms with van der Waals surface area (Å²) in [5.41, 5.74) is 8.79. The highest BCUT2D eigenvalue weighted by molar-refractivity contribution is 6.10. The summed E-state index contributed by atoms with van der Waals surface area (Å²) in [4.78, 5) is 0. The number of pyridine rings is 1. The van der Waals surface area contributed by atoms with Gasteiger partial charge < -0.3 is 4.42 Å². The third-order valence-corrected chi connectivity index (χ3v) is 7.74. The first-order valence-electron chi connectivity index (χ1n) is 14.3. The van der Waals surface area contributed by atoms with Crippen LogP contribution in [0.15, 0.2) is 95.5 Å². The second-order valence-electron chi connectivity index (χ2n) is 11.8. The Labute approximate surface area is 234 Å². The number of hydrogen-bond acceptors (Lipinski definition) is 3. The average Bonchev–Trinajstić information content (AvgIpc) is 3.54. The molecule has 7 aromatic rings. The minimum absolute atomic E-state index is 0.569. The molecule has 0 saturated carbocycles. The molecule has 4 aromatic carbocycles. The van der Waals surface area contributed by atoms with Gasteiger partial charge in [-0.05, 0) is 77.1 Å². The van der Waals surface area contributed by atoms with Crippen LogP contribution in [-0.4, -0.2) is 14.6 Å². The topological polar surface area (TPSA) is 43.3 Å². The van der Waals surface area contributed by atoms with E-state index in [4.69, 9.17) is 4.42 Å². The molecule has 0 bridgehead atoms. The molecule has 0 amide bonds. The van der Waals surface area contributed by atoms with E-state index in [1.54, 1.807) is 0 Å². The van der Waals surface area contributed by atoms with Gasteiger partial charge in [0.1, 0.15) is 11.2 Å². The maximum Gasteiger partial charge on any atom is 0.168 e. The zero-order valence-corrected chi connectivity index (χ0v) is 23.5. The van der Waals surface area contributed by atoms with Crippen LogP contribution in [0.25, 0.3) is 60.9 Å². The number of rotatable bonds is 6. The summed E-state index contributed by atoms with van der Waals surface area (Å²) < 4.78 is 8.61. The molecule has 0 aliphatic heterocycles. The Morgan fingerprint density at radius 2 is 1.40 bits per heavy atom. The molecule has 0 aliphatic rings. The Kier molecular flexibility index (Phi) is 5.92. The monoisotopic (exact) mass is 523 g/mol. The van der Waals surface area contributed by atoms with Crippen molar-refractivity contribution in [1.29, 1.82) is 0 Å². The van der Waals surface area contributed by atoms with E-state index in [9.17, 15) is 0 Å². The minimum atomic E-state index is 0.569. The minimum Gasteiger partial charge on any atom is -0.455 e. The van der Waals surface area contributed by atoms with Crippen LogP contribution in [0.2, 0.25) is 0 Å². The number of benzene rings is 4. The molecule has 0 atom stereocenters. The lowest BCUT2D eigenvalue weighted by atomic mass is 9.94. The summed E-state index contributed by atoms with van der Waals surface area (Å²) in [6, 6.07) is 30.4. The standard InChI is InChI=1S/C36H33N3O/c1-22(2)17-24-9-14-33-31(19-24)32-21-25(18-23(3)4)20-30(34(32)40-33)27-10-12-28(13-11-27)35-37-38-36-29-8-6-5-7-26(29)15-16-39(35)36/h5-16,19-23H,17-18H2,1-4H3. The number of aromatic nitrogens is 3. The molecule has 0 saturated heterocycles. The van der Waals surface area contributed by atoms with E-state index in [1.807, 2.05) is 6.07 Å². The molecule has 0 N–H and O–H groups in total. The predicted molar refractivity (Wildman–Crippen MR) is 166 cm³/mol. The molecule has 4 nitrogen and oxygen atoms in total. The van der Waals surface area contributed by atoms with E-state index in [0.717, 1.165) is 62.9 Å². The van der Waals surface area contributed by atoms with Crippen LogP contribution in [0, 0.1) is 11.8 Å². The highest BCUT2D eigenvalue weighted by atomic mass is 16.3. The highest BCUT2D eigenvalue weighted by Gasteiger charge is 2.17. The fraction of sp³-hybridized carbons (Fsp3) is 0.222. The van der Waals surface area contributed by atoms with Crippen molar-refractivity contribution in [2.75, 3.05) is 0 Å². The van der Waals surface area contributed by atoms with Gasteiger partial charge in [-0.1, -0.05) is 82.3 Å². The third-order valence-electron chi connectivity index (χ3n) is 7.74. The van der Waals surface area contributed by atoms with Gasteiger partial charge in [-0.15, -0.1) is 10.2 Å². The second-order valence-corrected chi connectivity index (χ2v) is 11.8. The van der Waals surface area contributed by atoms with Gasteiger partial charge in [-0.3, -0.25) is 4.40 Å². The Morgan fingerprint density at radius 3 is 2.20 bits per heavy atom. The molecule has 0 aliphatic carbocycles. The summed E-state index contributed by atoms with van der Waals surface area (Å²) in [6.45, 7) is 9.09. The number of hydrogen-bond donors (Lipinski definition) is 0. The van der Waals surface area contributed by atoms with Crippen molar-refractivity contribution in [3.63, 3.8) is 0 Å². The molecule has 3 aromatic heterocycles. The fourth-order valence-electron chi connectivity index (χ4n) is 6.00. The van der Waals surface area contributed by atoms with Crippen molar-refractivity contribution in [2.24, 2.45) is 11.8 Å². The number of furan rings is 1. The Bertz CT molecular complexity index is 2010. The maximum atomic E-state index is 6.53. The van der Waals surface area contributed by atoms with Crippen molar-refractivity contribution >= 4 is 38.4 Å². The quantitative estimate of drug-likeness (QED) is 0.218. The van der Waals surface area contributed by atoms with Crippen molar-refractivity contribution in [2.45, 2.75) is 40.5 Å². The SMILES string of the molecule is CC(C)Cc1ccc2oc3c(-c4ccc(-c5nnc6c7ccccc7ccn56)cc4)cc(CC(C)C)cc3c2c1. The molecule has 0 unspecified atom stereocenters. The van der Waals surface area contributed by atoms with Crippen molar-refractivity contribution in [3.05, 3.63) is 102 Å². The van der Waals surface area contributed by atoms with Crippen molar-refractivity contribution < 1.29 is 4.42 Å². The Balaban J connectivity index is 1.35.